The molecular formula is C7H15BN2O. The molecule has 2 N–H and O–H groups in total. The zero-order valence-corrected chi connectivity index (χ0v) is 7.37. The van der Waals surface area contributed by atoms with E-state index < -0.39 is 6.04 Å². The van der Waals surface area contributed by atoms with E-state index in [2.05, 4.69) is 0 Å². The van der Waals surface area contributed by atoms with E-state index in [1.807, 2.05) is 6.92 Å². The summed E-state index contributed by atoms with van der Waals surface area (Å²) >= 11 is 0. The Morgan fingerprint density at radius 2 is 2.18 bits per heavy atom. The van der Waals surface area contributed by atoms with Gasteiger partial charge in [0.05, 0.1) is 13.9 Å². The van der Waals surface area contributed by atoms with Gasteiger partial charge in [-0.25, -0.2) is 0 Å². The monoisotopic (exact) mass is 154 g/mol. The summed E-state index contributed by atoms with van der Waals surface area (Å²) in [5, 5.41) is 0. The highest BCUT2D eigenvalue weighted by Gasteiger charge is 2.17. The van der Waals surface area contributed by atoms with Crippen LogP contribution in [0.25, 0.3) is 0 Å². The van der Waals surface area contributed by atoms with Gasteiger partial charge in [-0.05, 0) is 12.4 Å². The van der Waals surface area contributed by atoms with Gasteiger partial charge in [-0.3, -0.25) is 4.79 Å². The zero-order chi connectivity index (χ0) is 9.02. The van der Waals surface area contributed by atoms with Crippen molar-refractivity contribution < 1.29 is 4.79 Å². The molecule has 0 rings (SSSR count). The number of amides is 1. The Kier molecular flexibility index (Phi) is 4.19. The smallest absolute Gasteiger partial charge is 0.238 e. The van der Waals surface area contributed by atoms with Crippen molar-refractivity contribution in [3.05, 3.63) is 0 Å². The Morgan fingerprint density at radius 1 is 1.73 bits per heavy atom. The van der Waals surface area contributed by atoms with Crippen LogP contribution in [-0.4, -0.2) is 37.7 Å². The van der Waals surface area contributed by atoms with Gasteiger partial charge in [0, 0.05) is 7.05 Å². The number of carbonyl (C=O) groups is 1. The molecule has 0 heterocycles. The predicted molar refractivity (Wildman–Crippen MR) is 46.3 cm³/mol. The molecule has 1 amide bonds. The van der Waals surface area contributed by atoms with Gasteiger partial charge < -0.3 is 10.6 Å². The lowest BCUT2D eigenvalue weighted by atomic mass is 9.97. The minimum absolute atomic E-state index is 0.0949. The average molecular weight is 154 g/mol. The second-order valence-corrected chi connectivity index (χ2v) is 2.70. The van der Waals surface area contributed by atoms with E-state index in [0.717, 1.165) is 0 Å². The van der Waals surface area contributed by atoms with Crippen molar-refractivity contribution in [2.45, 2.75) is 32.3 Å². The van der Waals surface area contributed by atoms with Crippen LogP contribution in [0.2, 0.25) is 0 Å². The molecule has 0 spiro atoms. The molecule has 0 aliphatic heterocycles. The van der Waals surface area contributed by atoms with Crippen LogP contribution in [0.5, 0.6) is 0 Å². The lowest BCUT2D eigenvalue weighted by molar-refractivity contribution is -0.131. The quantitative estimate of drug-likeness (QED) is 0.567. The Labute approximate surface area is 69.3 Å². The van der Waals surface area contributed by atoms with Gasteiger partial charge in [0.15, 0.2) is 0 Å². The molecule has 4 heteroatoms. The van der Waals surface area contributed by atoms with E-state index in [1.54, 1.807) is 14.0 Å². The van der Waals surface area contributed by atoms with Gasteiger partial charge in [-0.15, -0.1) is 0 Å². The molecule has 2 radical (unpaired) electrons. The van der Waals surface area contributed by atoms with Gasteiger partial charge in [0.25, 0.3) is 0 Å². The molecule has 0 fully saturated rings. The maximum absolute atomic E-state index is 11.2. The second kappa shape index (κ2) is 4.39. The molecule has 0 saturated heterocycles. The molecule has 2 atom stereocenters. The van der Waals surface area contributed by atoms with E-state index in [4.69, 9.17) is 13.6 Å². The molecular weight excluding hydrogens is 139 g/mol. The van der Waals surface area contributed by atoms with Crippen molar-refractivity contribution >= 4 is 13.8 Å². The van der Waals surface area contributed by atoms with Gasteiger partial charge in [-0.2, -0.15) is 0 Å². The van der Waals surface area contributed by atoms with Crippen LogP contribution in [0.1, 0.15) is 20.3 Å². The number of rotatable bonds is 3. The minimum atomic E-state index is -0.411. The number of nitrogens with two attached hydrogens (primary N) is 1. The summed E-state index contributed by atoms with van der Waals surface area (Å²) in [6.45, 7) is 3.62. The highest BCUT2D eigenvalue weighted by atomic mass is 16.2. The fraction of sp³-hybridized carbons (Fsp3) is 0.857. The van der Waals surface area contributed by atoms with Crippen molar-refractivity contribution in [2.75, 3.05) is 7.05 Å². The Morgan fingerprint density at radius 3 is 2.45 bits per heavy atom. The molecule has 0 saturated carbocycles. The third-order valence-electron chi connectivity index (χ3n) is 1.72. The van der Waals surface area contributed by atoms with Crippen molar-refractivity contribution in [2.24, 2.45) is 5.73 Å². The first kappa shape index (κ1) is 10.5. The second-order valence-electron chi connectivity index (χ2n) is 2.70. The normalized spacial score (nSPS) is 15.6. The summed E-state index contributed by atoms with van der Waals surface area (Å²) in [5.74, 6) is -0.359. The summed E-state index contributed by atoms with van der Waals surface area (Å²) in [7, 11) is 7.13. The standard InChI is InChI=1S/C7H15BN2O/c1-4-6(9)7(11)10(3)5(2)8/h5-6H,4,9H2,1-3H3/t5-,6?/m0/s1. The van der Waals surface area contributed by atoms with Crippen molar-refractivity contribution in [1.82, 2.24) is 4.90 Å². The first-order valence-electron chi connectivity index (χ1n) is 3.78. The van der Waals surface area contributed by atoms with Crippen molar-refractivity contribution in [3.63, 3.8) is 0 Å². The van der Waals surface area contributed by atoms with Crippen LogP contribution in [0, 0.1) is 0 Å². The predicted octanol–water partition coefficient (Wildman–Crippen LogP) is -0.303. The molecule has 0 aliphatic rings. The zero-order valence-electron chi connectivity index (χ0n) is 7.37. The molecule has 0 aromatic carbocycles. The van der Waals surface area contributed by atoms with Gasteiger partial charge in [0.1, 0.15) is 0 Å². The van der Waals surface area contributed by atoms with E-state index >= 15 is 0 Å². The van der Waals surface area contributed by atoms with Crippen LogP contribution in [0.15, 0.2) is 0 Å². The van der Waals surface area contributed by atoms with E-state index in [9.17, 15) is 4.79 Å². The van der Waals surface area contributed by atoms with Crippen LogP contribution in [0.3, 0.4) is 0 Å². The highest BCUT2D eigenvalue weighted by molar-refractivity contribution is 6.12. The number of likely N-dealkylation sites (N-methyl/N-ethyl adjacent to an activating group) is 1. The first-order chi connectivity index (χ1) is 5.00. The maximum atomic E-state index is 11.2. The van der Waals surface area contributed by atoms with Crippen LogP contribution < -0.4 is 5.73 Å². The lowest BCUT2D eigenvalue weighted by Crippen LogP contribution is -2.45. The van der Waals surface area contributed by atoms with Crippen molar-refractivity contribution in [1.29, 1.82) is 0 Å². The van der Waals surface area contributed by atoms with Crippen LogP contribution in [-0.2, 0) is 4.79 Å². The third-order valence-corrected chi connectivity index (χ3v) is 1.72. The average Bonchev–Trinajstić information content (AvgIpc) is 2.00. The third kappa shape index (κ3) is 2.93. The number of hydrogen-bond acceptors (Lipinski definition) is 2. The minimum Gasteiger partial charge on any atom is -0.351 e. The van der Waals surface area contributed by atoms with E-state index in [-0.39, 0.29) is 11.8 Å². The SMILES string of the molecule is [B][C@H](C)N(C)C(=O)C(N)CC. The summed E-state index contributed by atoms with van der Waals surface area (Å²) in [5.41, 5.74) is 5.51. The Bertz CT molecular complexity index is 138. The maximum Gasteiger partial charge on any atom is 0.238 e. The molecule has 3 nitrogen and oxygen atoms in total. The van der Waals surface area contributed by atoms with Gasteiger partial charge >= 0.3 is 0 Å². The number of nitrogens with zero attached hydrogens (tertiary/aromatic N) is 1. The topological polar surface area (TPSA) is 46.3 Å². The first-order valence-corrected chi connectivity index (χ1v) is 3.78. The molecule has 11 heavy (non-hydrogen) atoms. The fourth-order valence-electron chi connectivity index (χ4n) is 0.637. The van der Waals surface area contributed by atoms with Crippen molar-refractivity contribution in [3.8, 4) is 0 Å². The summed E-state index contributed by atoms with van der Waals surface area (Å²) in [6, 6.07) is -0.411. The summed E-state index contributed by atoms with van der Waals surface area (Å²) in [6.07, 6.45) is 0.649. The van der Waals surface area contributed by atoms with E-state index in [0.29, 0.717) is 6.42 Å². The van der Waals surface area contributed by atoms with E-state index in [1.165, 1.54) is 4.90 Å². The molecule has 0 aliphatic carbocycles. The largest absolute Gasteiger partial charge is 0.351 e. The Balaban J connectivity index is 4.02. The van der Waals surface area contributed by atoms with Gasteiger partial charge in [0.2, 0.25) is 5.91 Å². The van der Waals surface area contributed by atoms with Crippen LogP contribution in [0.4, 0.5) is 0 Å². The lowest BCUT2D eigenvalue weighted by Gasteiger charge is -2.24. The molecule has 0 aromatic heterocycles. The number of hydrogen-bond donors (Lipinski definition) is 1. The molecule has 0 bridgehead atoms. The molecule has 62 valence electrons. The molecule has 0 aromatic rings. The Hall–Kier alpha value is -0.505. The highest BCUT2D eigenvalue weighted by Crippen LogP contribution is 1.96. The summed E-state index contributed by atoms with van der Waals surface area (Å²) in [4.78, 5) is 12.7. The summed E-state index contributed by atoms with van der Waals surface area (Å²) < 4.78 is 0. The van der Waals surface area contributed by atoms with Crippen LogP contribution >= 0.6 is 0 Å². The fourth-order valence-corrected chi connectivity index (χ4v) is 0.637. The molecule has 1 unspecified atom stereocenters. The van der Waals surface area contributed by atoms with Gasteiger partial charge in [-0.1, -0.05) is 13.8 Å². The number of carbonyl (C=O) groups excluding carboxylic acids is 1.